The number of ether oxygens (including phenoxy) is 6. The maximum atomic E-state index is 11.7. The summed E-state index contributed by atoms with van der Waals surface area (Å²) in [5.41, 5.74) is 0. The Morgan fingerprint density at radius 2 is 0.893 bits per heavy atom. The highest BCUT2D eigenvalue weighted by molar-refractivity contribution is 5.91. The Kier molecular flexibility index (Phi) is 17.9. The molecule has 0 aromatic heterocycles. The molecule has 0 radical (unpaired) electrons. The van der Waals surface area contributed by atoms with Crippen molar-refractivity contribution in [2.24, 2.45) is 0 Å². The quantitative estimate of drug-likeness (QED) is 0.196. The first kappa shape index (κ1) is 26.5. The molecule has 0 saturated carbocycles. The highest BCUT2D eigenvalue weighted by atomic mass is 16.7. The molecule has 0 aliphatic rings. The van der Waals surface area contributed by atoms with Crippen LogP contribution in [-0.4, -0.2) is 64.2 Å². The van der Waals surface area contributed by atoms with E-state index in [9.17, 15) is 9.59 Å². The van der Waals surface area contributed by atoms with Crippen molar-refractivity contribution in [1.29, 1.82) is 0 Å². The van der Waals surface area contributed by atoms with Crippen molar-refractivity contribution >= 4 is 11.9 Å². The van der Waals surface area contributed by atoms with Crippen LogP contribution in [0.25, 0.3) is 0 Å². The van der Waals surface area contributed by atoms with Gasteiger partial charge in [0, 0.05) is 38.6 Å². The molecule has 0 spiro atoms. The van der Waals surface area contributed by atoms with Crippen LogP contribution < -0.4 is 0 Å². The fourth-order valence-electron chi connectivity index (χ4n) is 1.82. The van der Waals surface area contributed by atoms with Crippen molar-refractivity contribution in [3.05, 3.63) is 12.2 Å². The van der Waals surface area contributed by atoms with Crippen LogP contribution in [0.4, 0.5) is 0 Å². The molecule has 0 aromatic carbocycles. The fraction of sp³-hybridized carbons (Fsp3) is 0.800. The Hall–Kier alpha value is -1.48. The van der Waals surface area contributed by atoms with Gasteiger partial charge in [-0.1, -0.05) is 27.7 Å². The third-order valence-electron chi connectivity index (χ3n) is 3.11. The zero-order chi connectivity index (χ0) is 21.0. The predicted molar refractivity (Wildman–Crippen MR) is 104 cm³/mol. The zero-order valence-corrected chi connectivity index (χ0v) is 17.6. The molecule has 0 unspecified atom stereocenters. The molecule has 0 aliphatic heterocycles. The van der Waals surface area contributed by atoms with Gasteiger partial charge < -0.3 is 28.4 Å². The Morgan fingerprint density at radius 3 is 1.14 bits per heavy atom. The van der Waals surface area contributed by atoms with Gasteiger partial charge in [-0.3, -0.25) is 0 Å². The van der Waals surface area contributed by atoms with Gasteiger partial charge in [0.05, 0.1) is 0 Å². The summed E-state index contributed by atoms with van der Waals surface area (Å²) in [6.45, 7) is 9.84. The Balaban J connectivity index is 4.25. The van der Waals surface area contributed by atoms with Crippen LogP contribution in [0.2, 0.25) is 0 Å². The minimum atomic E-state index is -0.678. The number of hydrogen-bond donors (Lipinski definition) is 0. The Bertz CT molecular complexity index is 370. The molecule has 0 aliphatic carbocycles. The summed E-state index contributed by atoms with van der Waals surface area (Å²) in [5, 5.41) is 0. The van der Waals surface area contributed by atoms with Crippen LogP contribution in [0.15, 0.2) is 12.2 Å². The largest absolute Gasteiger partial charge is 0.457 e. The lowest BCUT2D eigenvalue weighted by molar-refractivity contribution is -0.180. The van der Waals surface area contributed by atoms with Crippen LogP contribution in [0, 0.1) is 0 Å². The van der Waals surface area contributed by atoms with Crippen molar-refractivity contribution < 1.29 is 38.0 Å². The van der Waals surface area contributed by atoms with Crippen molar-refractivity contribution in [3.63, 3.8) is 0 Å². The maximum Gasteiger partial charge on any atom is 0.331 e. The summed E-state index contributed by atoms with van der Waals surface area (Å²) in [7, 11) is 0. The summed E-state index contributed by atoms with van der Waals surface area (Å²) in [5.74, 6) is -1.36. The van der Waals surface area contributed by atoms with E-state index in [0.29, 0.717) is 26.4 Å². The number of rotatable bonds is 18. The van der Waals surface area contributed by atoms with Crippen molar-refractivity contribution in [1.82, 2.24) is 0 Å². The van der Waals surface area contributed by atoms with E-state index in [1.165, 1.54) is 0 Å². The van der Waals surface area contributed by atoms with Gasteiger partial charge >= 0.3 is 11.9 Å². The lowest BCUT2D eigenvalue weighted by Crippen LogP contribution is -2.26. The summed E-state index contributed by atoms with van der Waals surface area (Å²) < 4.78 is 31.9. The molecule has 0 rings (SSSR count). The third-order valence-corrected chi connectivity index (χ3v) is 3.11. The maximum absolute atomic E-state index is 11.7. The van der Waals surface area contributed by atoms with E-state index in [4.69, 9.17) is 28.4 Å². The fourth-order valence-corrected chi connectivity index (χ4v) is 1.82. The van der Waals surface area contributed by atoms with Crippen molar-refractivity contribution in [2.45, 2.75) is 66.0 Å². The molecule has 28 heavy (non-hydrogen) atoms. The summed E-state index contributed by atoms with van der Waals surface area (Å²) in [6, 6.07) is 0. The van der Waals surface area contributed by atoms with Gasteiger partial charge in [0.1, 0.15) is 13.2 Å². The van der Waals surface area contributed by atoms with Crippen LogP contribution in [0.3, 0.4) is 0 Å². The topological polar surface area (TPSA) is 89.5 Å². The lowest BCUT2D eigenvalue weighted by atomic mass is 10.5. The number of esters is 2. The molecule has 0 N–H and O–H groups in total. The molecule has 0 fully saturated rings. The van der Waals surface area contributed by atoms with E-state index in [0.717, 1.165) is 37.8 Å². The molecule has 0 saturated heterocycles. The van der Waals surface area contributed by atoms with Crippen LogP contribution in [0.5, 0.6) is 0 Å². The smallest absolute Gasteiger partial charge is 0.331 e. The van der Waals surface area contributed by atoms with Gasteiger partial charge in [0.2, 0.25) is 0 Å². The minimum Gasteiger partial charge on any atom is -0.457 e. The number of carbonyl (C=O) groups excluding carboxylic acids is 2. The van der Waals surface area contributed by atoms with E-state index in [1.54, 1.807) is 0 Å². The first-order valence-corrected chi connectivity index (χ1v) is 10.0. The van der Waals surface area contributed by atoms with Gasteiger partial charge in [0.15, 0.2) is 12.6 Å². The summed E-state index contributed by atoms with van der Waals surface area (Å²) in [4.78, 5) is 23.5. The van der Waals surface area contributed by atoms with Crippen LogP contribution in [0.1, 0.15) is 53.4 Å². The second kappa shape index (κ2) is 18.9. The van der Waals surface area contributed by atoms with E-state index in [-0.39, 0.29) is 13.2 Å². The monoisotopic (exact) mass is 404 g/mol. The van der Waals surface area contributed by atoms with E-state index < -0.39 is 24.5 Å². The van der Waals surface area contributed by atoms with E-state index in [1.807, 2.05) is 27.7 Å². The lowest BCUT2D eigenvalue weighted by Gasteiger charge is -2.17. The highest BCUT2D eigenvalue weighted by Gasteiger charge is 2.13. The van der Waals surface area contributed by atoms with Crippen LogP contribution in [-0.2, 0) is 38.0 Å². The SMILES string of the molecule is CCCOC(COC(=O)/C=C\C(=O)OCC(OCCC)OCCC)OCCC. The molecule has 8 nitrogen and oxygen atoms in total. The van der Waals surface area contributed by atoms with Crippen LogP contribution >= 0.6 is 0 Å². The summed E-state index contributed by atoms with van der Waals surface area (Å²) >= 11 is 0. The molecular formula is C20H36O8. The second-order valence-electron chi connectivity index (χ2n) is 5.94. The molecule has 0 bridgehead atoms. The minimum absolute atomic E-state index is 0.0456. The second-order valence-corrected chi connectivity index (χ2v) is 5.94. The molecule has 0 aromatic rings. The van der Waals surface area contributed by atoms with Gasteiger partial charge in [-0.15, -0.1) is 0 Å². The van der Waals surface area contributed by atoms with Gasteiger partial charge in [-0.2, -0.15) is 0 Å². The van der Waals surface area contributed by atoms with Crippen molar-refractivity contribution in [3.8, 4) is 0 Å². The van der Waals surface area contributed by atoms with E-state index in [2.05, 4.69) is 0 Å². The van der Waals surface area contributed by atoms with Crippen molar-refractivity contribution in [2.75, 3.05) is 39.6 Å². The van der Waals surface area contributed by atoms with E-state index >= 15 is 0 Å². The van der Waals surface area contributed by atoms with Gasteiger partial charge in [0.25, 0.3) is 0 Å². The molecule has 0 atom stereocenters. The normalized spacial score (nSPS) is 11.5. The third kappa shape index (κ3) is 15.6. The molecule has 0 heterocycles. The first-order chi connectivity index (χ1) is 13.6. The first-order valence-electron chi connectivity index (χ1n) is 10.0. The number of hydrogen-bond acceptors (Lipinski definition) is 8. The zero-order valence-electron chi connectivity index (χ0n) is 17.6. The van der Waals surface area contributed by atoms with Gasteiger partial charge in [-0.25, -0.2) is 9.59 Å². The average molecular weight is 405 g/mol. The average Bonchev–Trinajstić information content (AvgIpc) is 2.71. The summed E-state index contributed by atoms with van der Waals surface area (Å²) in [6.07, 6.45) is 4.11. The molecular weight excluding hydrogens is 368 g/mol. The van der Waals surface area contributed by atoms with Gasteiger partial charge in [-0.05, 0) is 25.7 Å². The Labute approximate surface area is 168 Å². The molecule has 0 amide bonds. The molecule has 8 heteroatoms. The number of carbonyl (C=O) groups is 2. The standard InChI is InChI=1S/C20H36O8/c1-5-11-23-19(24-12-6-2)15-27-17(21)9-10-18(22)28-16-20(25-13-7-3)26-14-8-4/h9-10,19-20H,5-8,11-16H2,1-4H3/b10-9-. The Morgan fingerprint density at radius 1 is 0.607 bits per heavy atom. The predicted octanol–water partition coefficient (Wildman–Crippen LogP) is 2.99. The highest BCUT2D eigenvalue weighted by Crippen LogP contribution is 2.01. The molecule has 164 valence electrons.